The molecule has 0 aromatic rings. The third-order valence-corrected chi connectivity index (χ3v) is 1.48. The van der Waals surface area contributed by atoms with E-state index in [0.717, 1.165) is 0 Å². The molecule has 3 nitrogen and oxygen atoms in total. The summed E-state index contributed by atoms with van der Waals surface area (Å²) in [5.74, 6) is 7.46. The molecule has 1 unspecified atom stereocenters. The highest BCUT2D eigenvalue weighted by Gasteiger charge is 2.27. The summed E-state index contributed by atoms with van der Waals surface area (Å²) in [5.41, 5.74) is 2.40. The molecule has 0 amide bonds. The number of nitrogens with one attached hydrogen (secondary N) is 1. The summed E-state index contributed by atoms with van der Waals surface area (Å²) in [6.45, 7) is -1.25. The zero-order valence-corrected chi connectivity index (χ0v) is 7.60. The molecule has 1 atom stereocenters. The Morgan fingerprint density at radius 2 is 2.14 bits per heavy atom. The van der Waals surface area contributed by atoms with Gasteiger partial charge >= 0.3 is 6.18 Å². The van der Waals surface area contributed by atoms with Gasteiger partial charge in [-0.1, -0.05) is 0 Å². The van der Waals surface area contributed by atoms with E-state index in [0.29, 0.717) is 12.8 Å². The van der Waals surface area contributed by atoms with Gasteiger partial charge in [0, 0.05) is 19.1 Å². The van der Waals surface area contributed by atoms with Gasteiger partial charge in [-0.25, -0.2) is 0 Å². The van der Waals surface area contributed by atoms with Gasteiger partial charge in [-0.3, -0.25) is 11.3 Å². The molecule has 0 saturated heterocycles. The Labute approximate surface area is 80.8 Å². The van der Waals surface area contributed by atoms with Gasteiger partial charge in [0.05, 0.1) is 0 Å². The minimum Gasteiger partial charge on any atom is -0.372 e. The Bertz CT molecular complexity index is 188. The molecule has 0 spiro atoms. The van der Waals surface area contributed by atoms with E-state index in [-0.39, 0.29) is 12.6 Å². The van der Waals surface area contributed by atoms with Crippen LogP contribution in [0, 0.1) is 12.3 Å². The summed E-state index contributed by atoms with van der Waals surface area (Å²) in [4.78, 5) is 0. The van der Waals surface area contributed by atoms with Crippen molar-refractivity contribution in [2.45, 2.75) is 25.1 Å². The predicted molar refractivity (Wildman–Crippen MR) is 46.1 cm³/mol. The fourth-order valence-corrected chi connectivity index (χ4v) is 0.800. The van der Waals surface area contributed by atoms with Gasteiger partial charge in [0.25, 0.3) is 0 Å². The fourth-order valence-electron chi connectivity index (χ4n) is 0.800. The molecule has 0 radical (unpaired) electrons. The summed E-state index contributed by atoms with van der Waals surface area (Å²) in [7, 11) is 0. The molecule has 0 aliphatic carbocycles. The van der Waals surface area contributed by atoms with E-state index < -0.39 is 12.8 Å². The first kappa shape index (κ1) is 13.2. The van der Waals surface area contributed by atoms with Crippen LogP contribution in [0.3, 0.4) is 0 Å². The number of hydrogen-bond donors (Lipinski definition) is 2. The summed E-state index contributed by atoms with van der Waals surface area (Å²) >= 11 is 0. The van der Waals surface area contributed by atoms with E-state index in [4.69, 9.17) is 12.3 Å². The van der Waals surface area contributed by atoms with Crippen LogP contribution in [0.2, 0.25) is 0 Å². The van der Waals surface area contributed by atoms with E-state index in [2.05, 4.69) is 16.1 Å². The summed E-state index contributed by atoms with van der Waals surface area (Å²) in [5, 5.41) is 0. The zero-order chi connectivity index (χ0) is 11.0. The lowest BCUT2D eigenvalue weighted by atomic mass is 10.2. The molecule has 82 valence electrons. The Kier molecular flexibility index (Phi) is 6.28. The number of halogens is 3. The van der Waals surface area contributed by atoms with E-state index >= 15 is 0 Å². The highest BCUT2D eigenvalue weighted by molar-refractivity contribution is 4.88. The third-order valence-electron chi connectivity index (χ3n) is 1.48. The fraction of sp³-hybridized carbons (Fsp3) is 0.750. The lowest BCUT2D eigenvalue weighted by molar-refractivity contribution is -0.174. The topological polar surface area (TPSA) is 47.3 Å². The molecular weight excluding hydrogens is 197 g/mol. The quantitative estimate of drug-likeness (QED) is 0.295. The number of ether oxygens (including phenoxy) is 1. The number of nitrogens with two attached hydrogens (primary N) is 1. The molecule has 0 heterocycles. The van der Waals surface area contributed by atoms with Gasteiger partial charge in [-0.2, -0.15) is 13.2 Å². The predicted octanol–water partition coefficient (Wildman–Crippen LogP) is 0.811. The summed E-state index contributed by atoms with van der Waals surface area (Å²) < 4.78 is 39.2. The highest BCUT2D eigenvalue weighted by Crippen LogP contribution is 2.14. The lowest BCUT2D eigenvalue weighted by Crippen LogP contribution is -2.35. The van der Waals surface area contributed by atoms with Crippen molar-refractivity contribution in [3.05, 3.63) is 0 Å². The van der Waals surface area contributed by atoms with E-state index in [9.17, 15) is 13.2 Å². The molecule has 0 aliphatic heterocycles. The molecular formula is C8H13F3N2O. The van der Waals surface area contributed by atoms with Gasteiger partial charge in [0.2, 0.25) is 0 Å². The second kappa shape index (κ2) is 6.65. The maximum atomic E-state index is 11.6. The van der Waals surface area contributed by atoms with Crippen molar-refractivity contribution in [3.63, 3.8) is 0 Å². The van der Waals surface area contributed by atoms with Crippen LogP contribution in [-0.4, -0.2) is 25.4 Å². The van der Waals surface area contributed by atoms with Gasteiger partial charge in [-0.05, 0) is 6.42 Å². The second-order valence-electron chi connectivity index (χ2n) is 2.73. The smallest absolute Gasteiger partial charge is 0.372 e. The molecule has 14 heavy (non-hydrogen) atoms. The van der Waals surface area contributed by atoms with Crippen LogP contribution in [0.1, 0.15) is 12.8 Å². The molecule has 0 aromatic carbocycles. The molecule has 0 fully saturated rings. The molecule has 3 N–H and O–H groups in total. The van der Waals surface area contributed by atoms with Gasteiger partial charge < -0.3 is 4.74 Å². The van der Waals surface area contributed by atoms with Crippen molar-refractivity contribution in [2.24, 2.45) is 5.84 Å². The molecule has 0 rings (SSSR count). The molecule has 0 aliphatic rings. The monoisotopic (exact) mass is 210 g/mol. The summed E-state index contributed by atoms with van der Waals surface area (Å²) in [6, 6.07) is -0.201. The maximum Gasteiger partial charge on any atom is 0.411 e. The molecule has 0 aromatic heterocycles. The van der Waals surface area contributed by atoms with Crippen molar-refractivity contribution >= 4 is 0 Å². The number of terminal acetylenes is 1. The van der Waals surface area contributed by atoms with E-state index in [1.807, 2.05) is 0 Å². The van der Waals surface area contributed by atoms with Crippen LogP contribution in [0.4, 0.5) is 13.2 Å². The first-order chi connectivity index (χ1) is 6.49. The van der Waals surface area contributed by atoms with E-state index in [1.54, 1.807) is 0 Å². The molecule has 6 heteroatoms. The third kappa shape index (κ3) is 7.86. The van der Waals surface area contributed by atoms with Gasteiger partial charge in [-0.15, -0.1) is 12.3 Å². The van der Waals surface area contributed by atoms with Crippen molar-refractivity contribution in [1.82, 2.24) is 5.43 Å². The Balaban J connectivity index is 3.48. The normalized spacial score (nSPS) is 13.6. The van der Waals surface area contributed by atoms with Crippen LogP contribution in [0.25, 0.3) is 0 Å². The van der Waals surface area contributed by atoms with Crippen LogP contribution < -0.4 is 11.3 Å². The van der Waals surface area contributed by atoms with Crippen molar-refractivity contribution in [3.8, 4) is 12.3 Å². The van der Waals surface area contributed by atoms with Crippen LogP contribution >= 0.6 is 0 Å². The van der Waals surface area contributed by atoms with Crippen LogP contribution in [0.5, 0.6) is 0 Å². The van der Waals surface area contributed by atoms with Crippen LogP contribution in [-0.2, 0) is 4.74 Å². The minimum absolute atomic E-state index is 0.0178. The Morgan fingerprint density at radius 1 is 1.50 bits per heavy atom. The minimum atomic E-state index is -4.28. The molecule has 0 bridgehead atoms. The van der Waals surface area contributed by atoms with Crippen molar-refractivity contribution in [1.29, 1.82) is 0 Å². The Morgan fingerprint density at radius 3 is 2.57 bits per heavy atom. The zero-order valence-electron chi connectivity index (χ0n) is 7.60. The average molecular weight is 210 g/mol. The largest absolute Gasteiger partial charge is 0.411 e. The van der Waals surface area contributed by atoms with Crippen LogP contribution in [0.15, 0.2) is 0 Å². The SMILES string of the molecule is C#CCC(CCOCC(F)(F)F)NN. The average Bonchev–Trinajstić information content (AvgIpc) is 2.08. The number of alkyl halides is 3. The number of hydrazine groups is 1. The number of rotatable bonds is 6. The first-order valence-corrected chi connectivity index (χ1v) is 4.03. The van der Waals surface area contributed by atoms with Gasteiger partial charge in [0.15, 0.2) is 0 Å². The first-order valence-electron chi connectivity index (χ1n) is 4.03. The second-order valence-corrected chi connectivity index (χ2v) is 2.73. The van der Waals surface area contributed by atoms with Crippen molar-refractivity contribution in [2.75, 3.05) is 13.2 Å². The Hall–Kier alpha value is -0.770. The number of hydrogen-bond acceptors (Lipinski definition) is 3. The van der Waals surface area contributed by atoms with E-state index in [1.165, 1.54) is 0 Å². The lowest BCUT2D eigenvalue weighted by Gasteiger charge is -2.13. The maximum absolute atomic E-state index is 11.6. The summed E-state index contributed by atoms with van der Waals surface area (Å²) in [6.07, 6.45) is 1.46. The highest BCUT2D eigenvalue weighted by atomic mass is 19.4. The molecule has 0 saturated carbocycles. The van der Waals surface area contributed by atoms with Crippen molar-refractivity contribution < 1.29 is 17.9 Å². The van der Waals surface area contributed by atoms with Gasteiger partial charge in [0.1, 0.15) is 6.61 Å². The standard InChI is InChI=1S/C8H13F3N2O/c1-2-3-7(13-12)4-5-14-6-8(9,10)11/h1,7,13H,3-6,12H2.